The lowest BCUT2D eigenvalue weighted by Gasteiger charge is -2.31. The van der Waals surface area contributed by atoms with E-state index in [4.69, 9.17) is 4.74 Å². The highest BCUT2D eigenvalue weighted by molar-refractivity contribution is 5.09. The molecule has 0 aliphatic carbocycles. The summed E-state index contributed by atoms with van der Waals surface area (Å²) in [5.74, 6) is 2.71. The summed E-state index contributed by atoms with van der Waals surface area (Å²) in [5, 5.41) is 9.02. The van der Waals surface area contributed by atoms with E-state index in [2.05, 4.69) is 48.5 Å². The van der Waals surface area contributed by atoms with Crippen LogP contribution in [0.5, 0.6) is 0 Å². The molecule has 1 N–H and O–H groups in total. The fourth-order valence-corrected chi connectivity index (χ4v) is 3.94. The van der Waals surface area contributed by atoms with Crippen molar-refractivity contribution in [1.82, 2.24) is 34.5 Å². The van der Waals surface area contributed by atoms with Crippen LogP contribution < -0.4 is 0 Å². The monoisotopic (exact) mass is 359 g/mol. The van der Waals surface area contributed by atoms with Gasteiger partial charge in [-0.3, -0.25) is 9.80 Å². The van der Waals surface area contributed by atoms with Gasteiger partial charge in [0.25, 0.3) is 0 Å². The maximum atomic E-state index is 5.43. The second-order valence-corrected chi connectivity index (χ2v) is 7.45. The molecule has 0 unspecified atom stereocenters. The summed E-state index contributed by atoms with van der Waals surface area (Å²) in [5.41, 5.74) is 2.34. The number of H-pyrrole nitrogens is 1. The molecule has 0 spiro atoms. The van der Waals surface area contributed by atoms with Gasteiger partial charge in [-0.1, -0.05) is 0 Å². The smallest absolute Gasteiger partial charge is 0.146 e. The number of aromatic amines is 1. The molecule has 2 aromatic rings. The normalized spacial score (nSPS) is 20.7. The number of aromatic nitrogens is 5. The van der Waals surface area contributed by atoms with Crippen LogP contribution in [-0.2, 0) is 24.9 Å². The number of nitrogens with one attached hydrogen (secondary N) is 1. The standard InChI is InChI=1S/C18H29N7O/c1-14-16(20-13-19-14)11-24-5-3-15(4-6-24)18-22-21-17(23(18)2)12-25-7-9-26-10-8-25/h13,15H,3-12H2,1-2H3,(H,19,20). The number of hydrogen-bond acceptors (Lipinski definition) is 6. The molecule has 2 aliphatic heterocycles. The van der Waals surface area contributed by atoms with Gasteiger partial charge in [-0.2, -0.15) is 0 Å². The highest BCUT2D eigenvalue weighted by atomic mass is 16.5. The van der Waals surface area contributed by atoms with Crippen molar-refractivity contribution < 1.29 is 4.74 Å². The van der Waals surface area contributed by atoms with Crippen molar-refractivity contribution in [3.8, 4) is 0 Å². The minimum atomic E-state index is 0.502. The van der Waals surface area contributed by atoms with Crippen molar-refractivity contribution in [1.29, 1.82) is 0 Å². The van der Waals surface area contributed by atoms with E-state index in [0.717, 1.165) is 82.7 Å². The highest BCUT2D eigenvalue weighted by Crippen LogP contribution is 2.27. The van der Waals surface area contributed by atoms with Crippen LogP contribution in [0.25, 0.3) is 0 Å². The number of aryl methyl sites for hydroxylation is 1. The highest BCUT2D eigenvalue weighted by Gasteiger charge is 2.26. The third kappa shape index (κ3) is 3.82. The van der Waals surface area contributed by atoms with Gasteiger partial charge in [0.1, 0.15) is 11.6 Å². The van der Waals surface area contributed by atoms with Crippen LogP contribution in [0, 0.1) is 6.92 Å². The second-order valence-electron chi connectivity index (χ2n) is 7.45. The minimum absolute atomic E-state index is 0.502. The summed E-state index contributed by atoms with van der Waals surface area (Å²) >= 11 is 0. The van der Waals surface area contributed by atoms with Gasteiger partial charge in [0.15, 0.2) is 0 Å². The van der Waals surface area contributed by atoms with Crippen molar-refractivity contribution in [3.05, 3.63) is 29.4 Å². The minimum Gasteiger partial charge on any atom is -0.379 e. The van der Waals surface area contributed by atoms with Crippen LogP contribution >= 0.6 is 0 Å². The number of likely N-dealkylation sites (tertiary alicyclic amines) is 1. The van der Waals surface area contributed by atoms with Crippen LogP contribution in [0.3, 0.4) is 0 Å². The van der Waals surface area contributed by atoms with E-state index in [1.54, 1.807) is 6.33 Å². The van der Waals surface area contributed by atoms with Crippen LogP contribution in [0.4, 0.5) is 0 Å². The Kier molecular flexibility index (Phi) is 5.33. The average molecular weight is 359 g/mol. The van der Waals surface area contributed by atoms with Gasteiger partial charge in [-0.25, -0.2) is 4.98 Å². The lowest BCUT2D eigenvalue weighted by Crippen LogP contribution is -2.36. The number of hydrogen-bond donors (Lipinski definition) is 1. The molecule has 4 rings (SSSR count). The summed E-state index contributed by atoms with van der Waals surface area (Å²) in [6.45, 7) is 9.65. The van der Waals surface area contributed by atoms with E-state index < -0.39 is 0 Å². The second kappa shape index (κ2) is 7.85. The van der Waals surface area contributed by atoms with Gasteiger partial charge in [0.2, 0.25) is 0 Å². The summed E-state index contributed by atoms with van der Waals surface area (Å²) in [6.07, 6.45) is 4.05. The Labute approximate surface area is 154 Å². The van der Waals surface area contributed by atoms with Crippen molar-refractivity contribution in [3.63, 3.8) is 0 Å². The largest absolute Gasteiger partial charge is 0.379 e. The zero-order valence-electron chi connectivity index (χ0n) is 15.8. The number of piperidine rings is 1. The third-order valence-electron chi connectivity index (χ3n) is 5.73. The number of morpholine rings is 1. The van der Waals surface area contributed by atoms with E-state index >= 15 is 0 Å². The lowest BCUT2D eigenvalue weighted by atomic mass is 9.96. The van der Waals surface area contributed by atoms with Gasteiger partial charge in [-0.15, -0.1) is 10.2 Å². The molecule has 2 saturated heterocycles. The van der Waals surface area contributed by atoms with E-state index in [9.17, 15) is 0 Å². The fourth-order valence-electron chi connectivity index (χ4n) is 3.94. The molecule has 0 aromatic carbocycles. The first-order valence-corrected chi connectivity index (χ1v) is 9.60. The molecule has 4 heterocycles. The molecule has 0 atom stereocenters. The molecule has 142 valence electrons. The predicted molar refractivity (Wildman–Crippen MR) is 97.7 cm³/mol. The number of ether oxygens (including phenoxy) is 1. The molecule has 2 aliphatic rings. The van der Waals surface area contributed by atoms with E-state index in [1.807, 2.05) is 0 Å². The molecular formula is C18H29N7O. The first kappa shape index (κ1) is 17.6. The Morgan fingerprint density at radius 2 is 1.81 bits per heavy atom. The molecule has 0 bridgehead atoms. The lowest BCUT2D eigenvalue weighted by molar-refractivity contribution is 0.0326. The molecule has 0 radical (unpaired) electrons. The van der Waals surface area contributed by atoms with E-state index in [-0.39, 0.29) is 0 Å². The molecule has 8 heteroatoms. The summed E-state index contributed by atoms with van der Waals surface area (Å²) in [4.78, 5) is 12.5. The maximum Gasteiger partial charge on any atom is 0.146 e. The van der Waals surface area contributed by atoms with E-state index in [1.165, 1.54) is 5.69 Å². The summed E-state index contributed by atoms with van der Waals surface area (Å²) in [7, 11) is 2.12. The van der Waals surface area contributed by atoms with Crippen molar-refractivity contribution in [2.45, 2.75) is 38.8 Å². The quantitative estimate of drug-likeness (QED) is 0.860. The van der Waals surface area contributed by atoms with Crippen LogP contribution in [-0.4, -0.2) is 73.9 Å². The first-order chi connectivity index (χ1) is 12.7. The van der Waals surface area contributed by atoms with Gasteiger partial charge in [0.05, 0.1) is 31.8 Å². The van der Waals surface area contributed by atoms with Crippen molar-refractivity contribution in [2.24, 2.45) is 7.05 Å². The zero-order valence-corrected chi connectivity index (χ0v) is 15.8. The zero-order chi connectivity index (χ0) is 17.9. The summed E-state index contributed by atoms with van der Waals surface area (Å²) in [6, 6.07) is 0. The van der Waals surface area contributed by atoms with Gasteiger partial charge in [0, 0.05) is 38.3 Å². The van der Waals surface area contributed by atoms with Crippen LogP contribution in [0.2, 0.25) is 0 Å². The van der Waals surface area contributed by atoms with Crippen LogP contribution in [0.15, 0.2) is 6.33 Å². The number of imidazole rings is 1. The topological polar surface area (TPSA) is 75.1 Å². The Hall–Kier alpha value is -1.77. The maximum absolute atomic E-state index is 5.43. The molecule has 8 nitrogen and oxygen atoms in total. The first-order valence-electron chi connectivity index (χ1n) is 9.60. The molecular weight excluding hydrogens is 330 g/mol. The van der Waals surface area contributed by atoms with Gasteiger partial charge >= 0.3 is 0 Å². The summed E-state index contributed by atoms with van der Waals surface area (Å²) < 4.78 is 7.64. The van der Waals surface area contributed by atoms with Crippen molar-refractivity contribution >= 4 is 0 Å². The van der Waals surface area contributed by atoms with Crippen LogP contribution in [0.1, 0.15) is 41.8 Å². The van der Waals surface area contributed by atoms with Gasteiger partial charge < -0.3 is 14.3 Å². The molecule has 26 heavy (non-hydrogen) atoms. The molecule has 2 aromatic heterocycles. The SMILES string of the molecule is Cc1[nH]cnc1CN1CCC(c2nnc(CN3CCOCC3)n2C)CC1. The predicted octanol–water partition coefficient (Wildman–Crippen LogP) is 1.06. The van der Waals surface area contributed by atoms with Crippen molar-refractivity contribution in [2.75, 3.05) is 39.4 Å². The molecule has 0 saturated carbocycles. The Morgan fingerprint density at radius 1 is 1.08 bits per heavy atom. The Bertz CT molecular complexity index is 711. The number of rotatable bonds is 5. The Balaban J connectivity index is 1.33. The number of nitrogens with zero attached hydrogens (tertiary/aromatic N) is 6. The van der Waals surface area contributed by atoms with Gasteiger partial charge in [-0.05, 0) is 32.9 Å². The third-order valence-corrected chi connectivity index (χ3v) is 5.73. The Morgan fingerprint density at radius 3 is 2.50 bits per heavy atom. The fraction of sp³-hybridized carbons (Fsp3) is 0.722. The van der Waals surface area contributed by atoms with E-state index in [0.29, 0.717) is 5.92 Å². The molecule has 0 amide bonds. The average Bonchev–Trinajstić information content (AvgIpc) is 3.23. The molecule has 2 fully saturated rings.